The summed E-state index contributed by atoms with van der Waals surface area (Å²) in [6.45, 7) is 5.50. The van der Waals surface area contributed by atoms with Crippen LogP contribution in [-0.4, -0.2) is 22.5 Å². The van der Waals surface area contributed by atoms with Crippen LogP contribution in [0, 0.1) is 0 Å². The van der Waals surface area contributed by atoms with Gasteiger partial charge in [0, 0.05) is 11.8 Å². The van der Waals surface area contributed by atoms with Crippen LogP contribution in [-0.2, 0) is 4.74 Å². The van der Waals surface area contributed by atoms with E-state index in [1.165, 1.54) is 0 Å². The zero-order chi connectivity index (χ0) is 17.0. The van der Waals surface area contributed by atoms with E-state index in [0.717, 1.165) is 11.1 Å². The predicted octanol–water partition coefficient (Wildman–Crippen LogP) is 2.61. The lowest BCUT2D eigenvalue weighted by molar-refractivity contribution is 0.00696. The first-order valence-electron chi connectivity index (χ1n) is 7.14. The fourth-order valence-electron chi connectivity index (χ4n) is 1.92. The second-order valence-corrected chi connectivity index (χ2v) is 6.02. The van der Waals surface area contributed by atoms with Gasteiger partial charge < -0.3 is 16.2 Å². The molecule has 0 amide bonds. The van der Waals surface area contributed by atoms with Crippen molar-refractivity contribution in [3.8, 4) is 11.1 Å². The summed E-state index contributed by atoms with van der Waals surface area (Å²) >= 11 is 0. The zero-order valence-corrected chi connectivity index (χ0v) is 13.4. The first-order valence-corrected chi connectivity index (χ1v) is 7.14. The maximum absolute atomic E-state index is 12.1. The van der Waals surface area contributed by atoms with E-state index >= 15 is 0 Å². The lowest BCUT2D eigenvalue weighted by Gasteiger charge is -2.19. The molecule has 1 aromatic carbocycles. The minimum atomic E-state index is -0.531. The van der Waals surface area contributed by atoms with Crippen molar-refractivity contribution in [2.45, 2.75) is 26.4 Å². The van der Waals surface area contributed by atoms with Crippen molar-refractivity contribution >= 4 is 17.7 Å². The van der Waals surface area contributed by atoms with Gasteiger partial charge in [-0.05, 0) is 50.6 Å². The van der Waals surface area contributed by atoms with E-state index in [1.807, 2.05) is 32.9 Å². The Bertz CT molecular complexity index is 727. The van der Waals surface area contributed by atoms with Gasteiger partial charge in [-0.3, -0.25) is 0 Å². The number of pyridine rings is 1. The van der Waals surface area contributed by atoms with E-state index in [1.54, 1.807) is 30.5 Å². The van der Waals surface area contributed by atoms with Gasteiger partial charge in [-0.15, -0.1) is 0 Å². The van der Waals surface area contributed by atoms with Gasteiger partial charge in [0.1, 0.15) is 5.60 Å². The van der Waals surface area contributed by atoms with Crippen molar-refractivity contribution < 1.29 is 9.53 Å². The fraction of sp³-hybridized carbons (Fsp3) is 0.235. The van der Waals surface area contributed by atoms with Gasteiger partial charge in [-0.25, -0.2) is 9.78 Å². The van der Waals surface area contributed by atoms with Crippen LogP contribution >= 0.6 is 0 Å². The highest BCUT2D eigenvalue weighted by molar-refractivity contribution is 5.91. The molecule has 0 atom stereocenters. The lowest BCUT2D eigenvalue weighted by Crippen LogP contribution is -2.23. The second-order valence-electron chi connectivity index (χ2n) is 6.02. The number of nitrogens with two attached hydrogens (primary N) is 2. The standard InChI is InChI=1S/C17H20N4O2/c1-17(2,3)23-15(22)12-6-4-5-11(9-12)13-7-8-14(20-10-13)21-16(18)19/h4-10H,1-3H3,(H4,18,19,20,21). The van der Waals surface area contributed by atoms with Crippen molar-refractivity contribution in [3.63, 3.8) is 0 Å². The number of aromatic nitrogens is 1. The van der Waals surface area contributed by atoms with E-state index in [0.29, 0.717) is 11.4 Å². The summed E-state index contributed by atoms with van der Waals surface area (Å²) in [6, 6.07) is 10.7. The maximum atomic E-state index is 12.1. The second kappa shape index (κ2) is 6.48. The molecule has 0 saturated heterocycles. The number of benzene rings is 1. The van der Waals surface area contributed by atoms with Crippen molar-refractivity contribution in [1.82, 2.24) is 4.98 Å². The van der Waals surface area contributed by atoms with Gasteiger partial charge >= 0.3 is 5.97 Å². The first kappa shape index (κ1) is 16.5. The topological polar surface area (TPSA) is 104 Å². The van der Waals surface area contributed by atoms with E-state index in [-0.39, 0.29) is 11.9 Å². The SMILES string of the molecule is CC(C)(C)OC(=O)c1cccc(-c2ccc(N=C(N)N)nc2)c1. The first-order chi connectivity index (χ1) is 10.7. The van der Waals surface area contributed by atoms with Crippen LogP contribution in [0.25, 0.3) is 11.1 Å². The smallest absolute Gasteiger partial charge is 0.338 e. The van der Waals surface area contributed by atoms with Crippen molar-refractivity contribution in [2.24, 2.45) is 16.5 Å². The predicted molar refractivity (Wildman–Crippen MR) is 90.3 cm³/mol. The van der Waals surface area contributed by atoms with Crippen molar-refractivity contribution in [2.75, 3.05) is 0 Å². The summed E-state index contributed by atoms with van der Waals surface area (Å²) in [5.41, 5.74) is 12.3. The fourth-order valence-corrected chi connectivity index (χ4v) is 1.92. The summed E-state index contributed by atoms with van der Waals surface area (Å²) < 4.78 is 5.38. The molecule has 1 aromatic heterocycles. The Hall–Kier alpha value is -2.89. The number of aliphatic imine (C=N–C) groups is 1. The molecular formula is C17H20N4O2. The zero-order valence-electron chi connectivity index (χ0n) is 13.4. The monoisotopic (exact) mass is 312 g/mol. The van der Waals surface area contributed by atoms with Gasteiger partial charge in [0.05, 0.1) is 5.56 Å². The molecule has 0 spiro atoms. The van der Waals surface area contributed by atoms with Crippen LogP contribution in [0.1, 0.15) is 31.1 Å². The molecule has 0 unspecified atom stereocenters. The number of guanidine groups is 1. The van der Waals surface area contributed by atoms with Crippen LogP contribution in [0.15, 0.2) is 47.6 Å². The number of esters is 1. The van der Waals surface area contributed by atoms with Crippen LogP contribution in [0.4, 0.5) is 5.82 Å². The van der Waals surface area contributed by atoms with Crippen LogP contribution in [0.3, 0.4) is 0 Å². The van der Waals surface area contributed by atoms with Crippen LogP contribution in [0.5, 0.6) is 0 Å². The number of rotatable bonds is 3. The molecule has 6 heteroatoms. The highest BCUT2D eigenvalue weighted by Crippen LogP contribution is 2.22. The molecule has 0 fully saturated rings. The molecule has 0 radical (unpaired) electrons. The highest BCUT2D eigenvalue weighted by atomic mass is 16.6. The van der Waals surface area contributed by atoms with E-state index in [2.05, 4.69) is 9.98 Å². The molecule has 2 aromatic rings. The number of carbonyl (C=O) groups excluding carboxylic acids is 1. The molecule has 0 aliphatic rings. The summed E-state index contributed by atoms with van der Waals surface area (Å²) in [5.74, 6) is 0.0265. The molecule has 2 rings (SSSR count). The minimum absolute atomic E-state index is 0.0443. The Balaban J connectivity index is 2.26. The van der Waals surface area contributed by atoms with E-state index in [9.17, 15) is 4.79 Å². The third kappa shape index (κ3) is 4.81. The Morgan fingerprint density at radius 3 is 2.43 bits per heavy atom. The van der Waals surface area contributed by atoms with Gasteiger partial charge in [-0.1, -0.05) is 12.1 Å². The highest BCUT2D eigenvalue weighted by Gasteiger charge is 2.18. The Morgan fingerprint density at radius 2 is 1.87 bits per heavy atom. The van der Waals surface area contributed by atoms with Crippen molar-refractivity contribution in [1.29, 1.82) is 0 Å². The average molecular weight is 312 g/mol. The van der Waals surface area contributed by atoms with Crippen LogP contribution < -0.4 is 11.5 Å². The molecule has 0 saturated carbocycles. The quantitative estimate of drug-likeness (QED) is 0.515. The third-order valence-corrected chi connectivity index (χ3v) is 2.82. The molecule has 6 nitrogen and oxygen atoms in total. The summed E-state index contributed by atoms with van der Waals surface area (Å²) in [4.78, 5) is 20.2. The molecular weight excluding hydrogens is 292 g/mol. The largest absolute Gasteiger partial charge is 0.456 e. The maximum Gasteiger partial charge on any atom is 0.338 e. The average Bonchev–Trinajstić information content (AvgIpc) is 2.46. The summed E-state index contributed by atoms with van der Waals surface area (Å²) in [7, 11) is 0. The van der Waals surface area contributed by atoms with Gasteiger partial charge in [0.15, 0.2) is 11.8 Å². The lowest BCUT2D eigenvalue weighted by atomic mass is 10.0. The Kier molecular flexibility index (Phi) is 4.64. The summed E-state index contributed by atoms with van der Waals surface area (Å²) in [5, 5.41) is 0. The molecule has 23 heavy (non-hydrogen) atoms. The third-order valence-electron chi connectivity index (χ3n) is 2.82. The molecule has 0 bridgehead atoms. The number of ether oxygens (including phenoxy) is 1. The Morgan fingerprint density at radius 1 is 1.13 bits per heavy atom. The van der Waals surface area contributed by atoms with E-state index in [4.69, 9.17) is 16.2 Å². The molecule has 4 N–H and O–H groups in total. The van der Waals surface area contributed by atoms with Gasteiger partial charge in [0.2, 0.25) is 0 Å². The van der Waals surface area contributed by atoms with Crippen LogP contribution in [0.2, 0.25) is 0 Å². The molecule has 1 heterocycles. The Labute approximate surface area is 135 Å². The minimum Gasteiger partial charge on any atom is -0.456 e. The normalized spacial score (nSPS) is 10.9. The number of hydrogen-bond donors (Lipinski definition) is 2. The summed E-state index contributed by atoms with van der Waals surface area (Å²) in [6.07, 6.45) is 1.65. The molecule has 0 aliphatic carbocycles. The van der Waals surface area contributed by atoms with Crippen molar-refractivity contribution in [3.05, 3.63) is 48.2 Å². The number of carbonyl (C=O) groups is 1. The number of hydrogen-bond acceptors (Lipinski definition) is 4. The molecule has 0 aliphatic heterocycles. The number of nitrogens with zero attached hydrogens (tertiary/aromatic N) is 2. The van der Waals surface area contributed by atoms with Gasteiger partial charge in [0.25, 0.3) is 0 Å². The van der Waals surface area contributed by atoms with Gasteiger partial charge in [-0.2, -0.15) is 4.99 Å². The van der Waals surface area contributed by atoms with E-state index < -0.39 is 5.60 Å². The molecule has 120 valence electrons.